The van der Waals surface area contributed by atoms with Crippen LogP contribution in [0.4, 0.5) is 0 Å². The minimum atomic E-state index is -0.152. The molecule has 2 N–H and O–H groups in total. The fraction of sp³-hybridized carbons (Fsp3) is 0.200. The SMILES string of the molecule is C=NC(=N)C(=N)/C=N\C. The van der Waals surface area contributed by atoms with Gasteiger partial charge in [0.05, 0.1) is 0 Å². The van der Waals surface area contributed by atoms with Crippen LogP contribution in [0.15, 0.2) is 9.98 Å². The first-order valence-corrected chi connectivity index (χ1v) is 2.28. The van der Waals surface area contributed by atoms with E-state index in [1.807, 2.05) is 0 Å². The Labute approximate surface area is 53.4 Å². The Kier molecular flexibility index (Phi) is 3.12. The lowest BCUT2D eigenvalue weighted by Gasteiger charge is -1.88. The van der Waals surface area contributed by atoms with Crippen molar-refractivity contribution < 1.29 is 0 Å². The van der Waals surface area contributed by atoms with Crippen molar-refractivity contribution in [3.63, 3.8) is 0 Å². The number of aliphatic imine (C=N–C) groups is 2. The first kappa shape index (κ1) is 7.68. The van der Waals surface area contributed by atoms with E-state index >= 15 is 0 Å². The van der Waals surface area contributed by atoms with Gasteiger partial charge in [0, 0.05) is 13.3 Å². The second-order valence-electron chi connectivity index (χ2n) is 1.31. The summed E-state index contributed by atoms with van der Waals surface area (Å²) < 4.78 is 0. The van der Waals surface area contributed by atoms with E-state index in [1.54, 1.807) is 0 Å². The molecule has 0 fully saturated rings. The van der Waals surface area contributed by atoms with Crippen molar-refractivity contribution >= 4 is 24.5 Å². The van der Waals surface area contributed by atoms with Crippen molar-refractivity contribution in [3.05, 3.63) is 0 Å². The number of nitrogens with zero attached hydrogens (tertiary/aromatic N) is 2. The molecule has 0 saturated carbocycles. The third-order valence-corrected chi connectivity index (χ3v) is 0.671. The third-order valence-electron chi connectivity index (χ3n) is 0.671. The highest BCUT2D eigenvalue weighted by atomic mass is 14.8. The van der Waals surface area contributed by atoms with Gasteiger partial charge in [-0.15, -0.1) is 0 Å². The maximum absolute atomic E-state index is 6.99. The Bertz CT molecular complexity index is 168. The average molecular weight is 124 g/mol. The highest BCUT2D eigenvalue weighted by molar-refractivity contribution is 6.60. The average Bonchev–Trinajstić information content (AvgIpc) is 1.87. The van der Waals surface area contributed by atoms with Crippen LogP contribution in [0.3, 0.4) is 0 Å². The second kappa shape index (κ2) is 3.65. The normalized spacial score (nSPS) is 9.44. The molecular formula is C5H8N4. The molecule has 0 radical (unpaired) electrons. The molecule has 4 heteroatoms. The van der Waals surface area contributed by atoms with E-state index in [-0.39, 0.29) is 11.5 Å². The van der Waals surface area contributed by atoms with Crippen molar-refractivity contribution in [1.29, 1.82) is 10.8 Å². The molecule has 0 spiro atoms. The summed E-state index contributed by atoms with van der Waals surface area (Å²) in [5.41, 5.74) is -0.0208. The van der Waals surface area contributed by atoms with Crippen molar-refractivity contribution in [2.45, 2.75) is 0 Å². The van der Waals surface area contributed by atoms with Gasteiger partial charge in [-0.05, 0) is 6.72 Å². The molecule has 0 unspecified atom stereocenters. The Morgan fingerprint density at radius 2 is 2.11 bits per heavy atom. The molecule has 0 saturated heterocycles. The third kappa shape index (κ3) is 2.48. The van der Waals surface area contributed by atoms with Gasteiger partial charge in [0.1, 0.15) is 5.71 Å². The van der Waals surface area contributed by atoms with Crippen LogP contribution < -0.4 is 0 Å². The van der Waals surface area contributed by atoms with Gasteiger partial charge in [0.2, 0.25) is 0 Å². The van der Waals surface area contributed by atoms with Crippen LogP contribution in [0.5, 0.6) is 0 Å². The summed E-state index contributed by atoms with van der Waals surface area (Å²) in [6, 6.07) is 0. The first-order valence-electron chi connectivity index (χ1n) is 2.28. The van der Waals surface area contributed by atoms with E-state index in [9.17, 15) is 0 Å². The van der Waals surface area contributed by atoms with Crippen LogP contribution in [0.2, 0.25) is 0 Å². The smallest absolute Gasteiger partial charge is 0.170 e. The molecule has 0 heterocycles. The summed E-state index contributed by atoms with van der Waals surface area (Å²) in [6.45, 7) is 3.09. The topological polar surface area (TPSA) is 72.4 Å². The fourth-order valence-electron chi connectivity index (χ4n) is 0.275. The number of rotatable bonds is 2. The lowest BCUT2D eigenvalue weighted by Crippen LogP contribution is -2.09. The quantitative estimate of drug-likeness (QED) is 0.394. The van der Waals surface area contributed by atoms with Crippen molar-refractivity contribution in [2.75, 3.05) is 7.05 Å². The zero-order valence-corrected chi connectivity index (χ0v) is 5.18. The molecule has 0 aromatic rings. The molecule has 0 aliphatic rings. The van der Waals surface area contributed by atoms with Crippen molar-refractivity contribution in [2.24, 2.45) is 9.98 Å². The van der Waals surface area contributed by atoms with Gasteiger partial charge in [-0.3, -0.25) is 15.8 Å². The predicted octanol–water partition coefficient (Wildman–Crippen LogP) is 0.385. The number of hydrogen-bond donors (Lipinski definition) is 2. The van der Waals surface area contributed by atoms with Crippen LogP contribution in [-0.4, -0.2) is 31.5 Å². The van der Waals surface area contributed by atoms with Crippen LogP contribution in [0, 0.1) is 10.8 Å². The number of nitrogens with one attached hydrogen (secondary N) is 2. The van der Waals surface area contributed by atoms with E-state index in [1.165, 1.54) is 13.3 Å². The van der Waals surface area contributed by atoms with Gasteiger partial charge >= 0.3 is 0 Å². The molecule has 4 nitrogen and oxygen atoms in total. The maximum atomic E-state index is 6.99. The number of hydrogen-bond acceptors (Lipinski definition) is 3. The largest absolute Gasteiger partial charge is 0.296 e. The minimum absolute atomic E-state index is 0.0208. The molecule has 0 aliphatic carbocycles. The fourth-order valence-corrected chi connectivity index (χ4v) is 0.275. The molecule has 9 heavy (non-hydrogen) atoms. The molecule has 0 aliphatic heterocycles. The Balaban J connectivity index is 4.04. The molecule has 0 aromatic carbocycles. The van der Waals surface area contributed by atoms with Crippen LogP contribution in [0.25, 0.3) is 0 Å². The van der Waals surface area contributed by atoms with Gasteiger partial charge in [0.25, 0.3) is 0 Å². The van der Waals surface area contributed by atoms with E-state index in [0.29, 0.717) is 0 Å². The Morgan fingerprint density at radius 1 is 1.56 bits per heavy atom. The van der Waals surface area contributed by atoms with Crippen molar-refractivity contribution in [3.8, 4) is 0 Å². The molecule has 48 valence electrons. The van der Waals surface area contributed by atoms with E-state index in [2.05, 4.69) is 16.7 Å². The zero-order chi connectivity index (χ0) is 7.28. The van der Waals surface area contributed by atoms with Crippen molar-refractivity contribution in [1.82, 2.24) is 0 Å². The molecular weight excluding hydrogens is 116 g/mol. The van der Waals surface area contributed by atoms with E-state index < -0.39 is 0 Å². The molecule has 0 aromatic heterocycles. The standard InChI is InChI=1S/C5H8N4/c1-8-3-4(6)5(7)9-2/h3,6-7H,2H2,1H3/b6-4?,7-5?,8-3-. The van der Waals surface area contributed by atoms with Crippen LogP contribution in [0.1, 0.15) is 0 Å². The van der Waals surface area contributed by atoms with E-state index in [4.69, 9.17) is 10.8 Å². The Morgan fingerprint density at radius 3 is 2.44 bits per heavy atom. The summed E-state index contributed by atoms with van der Waals surface area (Å²) in [5.74, 6) is -0.152. The maximum Gasteiger partial charge on any atom is 0.170 e. The second-order valence-corrected chi connectivity index (χ2v) is 1.31. The van der Waals surface area contributed by atoms with Gasteiger partial charge in [-0.1, -0.05) is 0 Å². The summed E-state index contributed by atoms with van der Waals surface area (Å²) in [6.07, 6.45) is 1.25. The number of amidine groups is 1. The first-order chi connectivity index (χ1) is 4.22. The summed E-state index contributed by atoms with van der Waals surface area (Å²) in [7, 11) is 1.53. The van der Waals surface area contributed by atoms with Crippen LogP contribution in [-0.2, 0) is 0 Å². The summed E-state index contributed by atoms with van der Waals surface area (Å²) in [4.78, 5) is 6.75. The van der Waals surface area contributed by atoms with Crippen LogP contribution >= 0.6 is 0 Å². The molecule has 0 bridgehead atoms. The highest BCUT2D eigenvalue weighted by Gasteiger charge is 1.94. The monoisotopic (exact) mass is 124 g/mol. The van der Waals surface area contributed by atoms with Gasteiger partial charge < -0.3 is 0 Å². The Hall–Kier alpha value is -1.32. The minimum Gasteiger partial charge on any atom is -0.296 e. The summed E-state index contributed by atoms with van der Waals surface area (Å²) in [5, 5.41) is 13.9. The van der Waals surface area contributed by atoms with Gasteiger partial charge in [0.15, 0.2) is 5.84 Å². The molecule has 0 atom stereocenters. The van der Waals surface area contributed by atoms with Gasteiger partial charge in [-0.2, -0.15) is 0 Å². The highest BCUT2D eigenvalue weighted by Crippen LogP contribution is 1.74. The van der Waals surface area contributed by atoms with Gasteiger partial charge in [-0.25, -0.2) is 4.99 Å². The lowest BCUT2D eigenvalue weighted by molar-refractivity contribution is 1.44. The lowest BCUT2D eigenvalue weighted by atomic mass is 10.4. The predicted molar refractivity (Wildman–Crippen MR) is 39.4 cm³/mol. The molecule has 0 rings (SSSR count). The summed E-state index contributed by atoms with van der Waals surface area (Å²) >= 11 is 0. The zero-order valence-electron chi connectivity index (χ0n) is 5.18. The van der Waals surface area contributed by atoms with E-state index in [0.717, 1.165) is 0 Å². The molecule has 0 amide bonds.